The third-order valence-electron chi connectivity index (χ3n) is 5.70. The molecule has 148 valence electrons. The SMILES string of the molecule is CCCc1nnc(N2CC(C(=O)N3CCOC4(CCNCC4)C3)CC2=O)s1. The number of amides is 2. The number of carbonyl (C=O) groups excluding carboxylic acids is 2. The molecule has 1 spiro atoms. The van der Waals surface area contributed by atoms with Crippen molar-refractivity contribution >= 4 is 28.3 Å². The molecular formula is C18H27N5O3S. The molecule has 4 heterocycles. The summed E-state index contributed by atoms with van der Waals surface area (Å²) in [7, 11) is 0. The van der Waals surface area contributed by atoms with E-state index in [-0.39, 0.29) is 29.8 Å². The third-order valence-corrected chi connectivity index (χ3v) is 6.71. The Morgan fingerprint density at radius 3 is 2.96 bits per heavy atom. The second-order valence-electron chi connectivity index (χ2n) is 7.68. The Hall–Kier alpha value is -1.58. The van der Waals surface area contributed by atoms with Gasteiger partial charge in [0.05, 0.1) is 18.1 Å². The van der Waals surface area contributed by atoms with E-state index in [0.717, 1.165) is 43.8 Å². The number of ether oxygens (including phenoxy) is 1. The molecule has 1 N–H and O–H groups in total. The van der Waals surface area contributed by atoms with E-state index in [9.17, 15) is 9.59 Å². The van der Waals surface area contributed by atoms with Gasteiger partial charge in [-0.25, -0.2) is 0 Å². The summed E-state index contributed by atoms with van der Waals surface area (Å²) in [6, 6.07) is 0. The van der Waals surface area contributed by atoms with Crippen molar-refractivity contribution < 1.29 is 14.3 Å². The molecule has 3 aliphatic heterocycles. The van der Waals surface area contributed by atoms with Gasteiger partial charge in [0.15, 0.2) is 0 Å². The van der Waals surface area contributed by atoms with Crippen molar-refractivity contribution in [3.8, 4) is 0 Å². The Kier molecular flexibility index (Phi) is 5.43. The highest BCUT2D eigenvalue weighted by Gasteiger charge is 2.43. The highest BCUT2D eigenvalue weighted by atomic mass is 32.1. The molecule has 8 nitrogen and oxygen atoms in total. The predicted molar refractivity (Wildman–Crippen MR) is 102 cm³/mol. The molecule has 0 bridgehead atoms. The first-order chi connectivity index (χ1) is 13.1. The zero-order valence-corrected chi connectivity index (χ0v) is 16.6. The summed E-state index contributed by atoms with van der Waals surface area (Å²) < 4.78 is 6.06. The van der Waals surface area contributed by atoms with Gasteiger partial charge in [-0.05, 0) is 32.4 Å². The molecule has 2 amide bonds. The van der Waals surface area contributed by atoms with E-state index < -0.39 is 0 Å². The van der Waals surface area contributed by atoms with Gasteiger partial charge in [-0.3, -0.25) is 14.5 Å². The summed E-state index contributed by atoms with van der Waals surface area (Å²) >= 11 is 1.46. The van der Waals surface area contributed by atoms with Crippen LogP contribution in [0.25, 0.3) is 0 Å². The van der Waals surface area contributed by atoms with Crippen molar-refractivity contribution in [1.82, 2.24) is 20.4 Å². The molecule has 3 aliphatic rings. The average molecular weight is 394 g/mol. The summed E-state index contributed by atoms with van der Waals surface area (Å²) in [4.78, 5) is 29.2. The van der Waals surface area contributed by atoms with Crippen LogP contribution in [-0.4, -0.2) is 71.8 Å². The first kappa shape index (κ1) is 18.8. The number of nitrogens with zero attached hydrogens (tertiary/aromatic N) is 4. The second-order valence-corrected chi connectivity index (χ2v) is 8.72. The number of anilines is 1. The summed E-state index contributed by atoms with van der Waals surface area (Å²) in [6.07, 6.45) is 3.98. The van der Waals surface area contributed by atoms with E-state index in [4.69, 9.17) is 4.74 Å². The van der Waals surface area contributed by atoms with E-state index >= 15 is 0 Å². The fourth-order valence-corrected chi connectivity index (χ4v) is 5.17. The van der Waals surface area contributed by atoms with Crippen LogP contribution in [0.4, 0.5) is 5.13 Å². The monoisotopic (exact) mass is 393 g/mol. The number of rotatable bonds is 4. The Bertz CT molecular complexity index is 697. The molecule has 1 unspecified atom stereocenters. The topological polar surface area (TPSA) is 87.7 Å². The molecule has 4 rings (SSSR count). The number of hydrogen-bond acceptors (Lipinski definition) is 7. The molecular weight excluding hydrogens is 366 g/mol. The summed E-state index contributed by atoms with van der Waals surface area (Å²) in [5, 5.41) is 13.2. The van der Waals surface area contributed by atoms with Crippen molar-refractivity contribution in [3.05, 3.63) is 5.01 Å². The maximum atomic E-state index is 13.1. The first-order valence-corrected chi connectivity index (χ1v) is 10.7. The molecule has 0 radical (unpaired) electrons. The van der Waals surface area contributed by atoms with E-state index in [1.54, 1.807) is 4.90 Å². The normalized spacial score (nSPS) is 25.4. The largest absolute Gasteiger partial charge is 0.371 e. The van der Waals surface area contributed by atoms with Gasteiger partial charge in [-0.15, -0.1) is 10.2 Å². The minimum Gasteiger partial charge on any atom is -0.371 e. The maximum absolute atomic E-state index is 13.1. The lowest BCUT2D eigenvalue weighted by Crippen LogP contribution is -2.58. The molecule has 1 atom stereocenters. The summed E-state index contributed by atoms with van der Waals surface area (Å²) in [6.45, 7) is 6.17. The van der Waals surface area contributed by atoms with Crippen molar-refractivity contribution in [2.24, 2.45) is 5.92 Å². The van der Waals surface area contributed by atoms with Crippen molar-refractivity contribution in [2.45, 2.75) is 44.6 Å². The summed E-state index contributed by atoms with van der Waals surface area (Å²) in [5.41, 5.74) is -0.213. The van der Waals surface area contributed by atoms with Crippen LogP contribution < -0.4 is 10.2 Å². The van der Waals surface area contributed by atoms with E-state index in [0.29, 0.717) is 31.4 Å². The second kappa shape index (κ2) is 7.81. The smallest absolute Gasteiger partial charge is 0.229 e. The maximum Gasteiger partial charge on any atom is 0.229 e. The molecule has 27 heavy (non-hydrogen) atoms. The molecule has 9 heteroatoms. The van der Waals surface area contributed by atoms with Crippen LogP contribution in [0, 0.1) is 5.92 Å². The molecule has 0 saturated carbocycles. The van der Waals surface area contributed by atoms with Crippen LogP contribution in [0.1, 0.15) is 37.6 Å². The standard InChI is InChI=1S/C18H27N5O3S/c1-2-3-14-20-21-17(27-14)23-11-13(10-15(23)24)16(25)22-8-9-26-18(12-22)4-6-19-7-5-18/h13,19H,2-12H2,1H3. The van der Waals surface area contributed by atoms with Gasteiger partial charge >= 0.3 is 0 Å². The van der Waals surface area contributed by atoms with Crippen LogP contribution in [0.2, 0.25) is 0 Å². The fraction of sp³-hybridized carbons (Fsp3) is 0.778. The van der Waals surface area contributed by atoms with E-state index in [1.165, 1.54) is 11.3 Å². The Balaban J connectivity index is 1.41. The zero-order valence-electron chi connectivity index (χ0n) is 15.8. The highest BCUT2D eigenvalue weighted by Crippen LogP contribution is 2.32. The Morgan fingerprint density at radius 2 is 2.19 bits per heavy atom. The van der Waals surface area contributed by atoms with Crippen LogP contribution in [0.15, 0.2) is 0 Å². The number of morpholine rings is 1. The van der Waals surface area contributed by atoms with Crippen LogP contribution in [-0.2, 0) is 20.7 Å². The van der Waals surface area contributed by atoms with Crippen molar-refractivity contribution in [3.63, 3.8) is 0 Å². The van der Waals surface area contributed by atoms with Crippen LogP contribution in [0.5, 0.6) is 0 Å². The van der Waals surface area contributed by atoms with E-state index in [2.05, 4.69) is 22.4 Å². The van der Waals surface area contributed by atoms with Gasteiger partial charge in [-0.1, -0.05) is 18.3 Å². The van der Waals surface area contributed by atoms with Gasteiger partial charge < -0.3 is 15.0 Å². The first-order valence-electron chi connectivity index (χ1n) is 9.86. The van der Waals surface area contributed by atoms with Gasteiger partial charge in [-0.2, -0.15) is 0 Å². The average Bonchev–Trinajstić information content (AvgIpc) is 3.28. The number of aryl methyl sites for hydroxylation is 1. The van der Waals surface area contributed by atoms with Gasteiger partial charge in [0.25, 0.3) is 0 Å². The molecule has 3 fully saturated rings. The number of nitrogens with one attached hydrogen (secondary N) is 1. The third kappa shape index (κ3) is 3.86. The Morgan fingerprint density at radius 1 is 1.37 bits per heavy atom. The van der Waals surface area contributed by atoms with Crippen LogP contribution >= 0.6 is 11.3 Å². The number of hydrogen-bond donors (Lipinski definition) is 1. The lowest BCUT2D eigenvalue weighted by atomic mass is 9.90. The van der Waals surface area contributed by atoms with Crippen LogP contribution in [0.3, 0.4) is 0 Å². The molecule has 0 aromatic carbocycles. The van der Waals surface area contributed by atoms with Gasteiger partial charge in [0.1, 0.15) is 5.01 Å². The van der Waals surface area contributed by atoms with Gasteiger partial charge in [0.2, 0.25) is 16.9 Å². The Labute approximate surface area is 163 Å². The quantitative estimate of drug-likeness (QED) is 0.815. The minimum atomic E-state index is -0.298. The molecule has 0 aliphatic carbocycles. The van der Waals surface area contributed by atoms with Gasteiger partial charge in [0, 0.05) is 32.5 Å². The number of aromatic nitrogens is 2. The molecule has 1 aromatic rings. The fourth-order valence-electron chi connectivity index (χ4n) is 4.20. The molecule has 3 saturated heterocycles. The number of piperidine rings is 1. The van der Waals surface area contributed by atoms with Crippen molar-refractivity contribution in [2.75, 3.05) is 44.2 Å². The van der Waals surface area contributed by atoms with E-state index in [1.807, 2.05) is 4.90 Å². The zero-order chi connectivity index (χ0) is 18.9. The minimum absolute atomic E-state index is 0.0302. The van der Waals surface area contributed by atoms with Crippen molar-refractivity contribution in [1.29, 1.82) is 0 Å². The lowest BCUT2D eigenvalue weighted by molar-refractivity contribution is -0.158. The lowest BCUT2D eigenvalue weighted by Gasteiger charge is -2.45. The number of carbonyl (C=O) groups is 2. The predicted octanol–water partition coefficient (Wildman–Crippen LogP) is 0.825. The highest BCUT2D eigenvalue weighted by molar-refractivity contribution is 7.15. The molecule has 1 aromatic heterocycles. The summed E-state index contributed by atoms with van der Waals surface area (Å²) in [5.74, 6) is -0.254.